The monoisotopic (exact) mass is 488 g/mol. The van der Waals surface area contributed by atoms with Crippen LogP contribution < -0.4 is 5.73 Å². The zero-order valence-electron chi connectivity index (χ0n) is 19.6. The summed E-state index contributed by atoms with van der Waals surface area (Å²) in [4.78, 5) is 24.9. The van der Waals surface area contributed by atoms with Gasteiger partial charge in [-0.15, -0.1) is 21.5 Å². The van der Waals surface area contributed by atoms with Crippen LogP contribution in [0.4, 0.5) is 5.00 Å². The number of thiophene rings is 1. The van der Waals surface area contributed by atoms with E-state index in [1.165, 1.54) is 31.5 Å². The first-order valence-corrected chi connectivity index (χ1v) is 12.2. The number of aromatic nitrogens is 3. The second kappa shape index (κ2) is 9.96. The Morgan fingerprint density at radius 3 is 2.27 bits per heavy atom. The van der Waals surface area contributed by atoms with Crippen molar-refractivity contribution in [2.45, 2.75) is 50.6 Å². The van der Waals surface area contributed by atoms with Gasteiger partial charge in [-0.05, 0) is 17.9 Å². The number of methoxy groups -OCH3 is 2. The zero-order chi connectivity index (χ0) is 24.3. The van der Waals surface area contributed by atoms with Crippen LogP contribution in [0.5, 0.6) is 0 Å². The molecule has 33 heavy (non-hydrogen) atoms. The van der Waals surface area contributed by atoms with Gasteiger partial charge in [-0.3, -0.25) is 0 Å². The topological polar surface area (TPSA) is 109 Å². The van der Waals surface area contributed by atoms with E-state index in [1.54, 1.807) is 0 Å². The van der Waals surface area contributed by atoms with Crippen LogP contribution in [0.25, 0.3) is 11.4 Å². The second-order valence-corrected chi connectivity index (χ2v) is 10.3. The number of thioether (sulfide) groups is 1. The summed E-state index contributed by atoms with van der Waals surface area (Å²) < 4.78 is 11.7. The van der Waals surface area contributed by atoms with E-state index in [4.69, 9.17) is 15.2 Å². The number of rotatable bonds is 7. The average molecular weight is 489 g/mol. The highest BCUT2D eigenvalue weighted by atomic mass is 32.2. The van der Waals surface area contributed by atoms with Gasteiger partial charge in [-0.1, -0.05) is 56.8 Å². The van der Waals surface area contributed by atoms with Crippen molar-refractivity contribution >= 4 is 40.0 Å². The molecule has 3 aromatic rings. The summed E-state index contributed by atoms with van der Waals surface area (Å²) >= 11 is 2.38. The summed E-state index contributed by atoms with van der Waals surface area (Å²) in [7, 11) is 2.57. The number of hydrogen-bond acceptors (Lipinski definition) is 9. The molecule has 176 valence electrons. The number of carbonyl (C=O) groups is 2. The Balaban J connectivity index is 1.93. The molecule has 10 heteroatoms. The van der Waals surface area contributed by atoms with Crippen molar-refractivity contribution in [1.29, 1.82) is 0 Å². The van der Waals surface area contributed by atoms with Crippen molar-refractivity contribution in [1.82, 2.24) is 14.8 Å². The summed E-state index contributed by atoms with van der Waals surface area (Å²) in [6.45, 7) is 9.20. The molecule has 0 saturated heterocycles. The third kappa shape index (κ3) is 5.06. The number of nitrogens with two attached hydrogens (primary N) is 1. The third-order valence-electron chi connectivity index (χ3n) is 5.18. The first-order chi connectivity index (χ1) is 15.6. The lowest BCUT2D eigenvalue weighted by molar-refractivity contribution is 0.0601. The van der Waals surface area contributed by atoms with Crippen LogP contribution in [0, 0.1) is 0 Å². The van der Waals surface area contributed by atoms with Gasteiger partial charge in [0.15, 0.2) is 11.0 Å². The van der Waals surface area contributed by atoms with Gasteiger partial charge in [-0.2, -0.15) is 0 Å². The first kappa shape index (κ1) is 24.8. The Kier molecular flexibility index (Phi) is 7.48. The third-order valence-corrected chi connectivity index (χ3v) is 7.22. The highest BCUT2D eigenvalue weighted by molar-refractivity contribution is 7.98. The fourth-order valence-corrected chi connectivity index (χ4v) is 5.47. The Hall–Kier alpha value is -2.85. The van der Waals surface area contributed by atoms with E-state index in [0.717, 1.165) is 22.7 Å². The van der Waals surface area contributed by atoms with Crippen molar-refractivity contribution in [2.24, 2.45) is 0 Å². The molecule has 2 N–H and O–H groups in total. The lowest BCUT2D eigenvalue weighted by atomic mass is 9.87. The summed E-state index contributed by atoms with van der Waals surface area (Å²) in [5, 5.41) is 9.65. The van der Waals surface area contributed by atoms with Crippen molar-refractivity contribution in [3.05, 3.63) is 45.8 Å². The van der Waals surface area contributed by atoms with E-state index < -0.39 is 11.9 Å². The fourth-order valence-electron chi connectivity index (χ4n) is 3.36. The molecule has 0 atom stereocenters. The number of anilines is 1. The van der Waals surface area contributed by atoms with Crippen LogP contribution in [-0.2, 0) is 27.2 Å². The molecule has 0 amide bonds. The normalized spacial score (nSPS) is 11.5. The van der Waals surface area contributed by atoms with E-state index in [-0.39, 0.29) is 26.6 Å². The molecule has 1 aromatic carbocycles. The number of ether oxygens (including phenoxy) is 2. The lowest BCUT2D eigenvalue weighted by Gasteiger charge is -2.19. The van der Waals surface area contributed by atoms with Gasteiger partial charge in [0, 0.05) is 23.4 Å². The van der Waals surface area contributed by atoms with E-state index in [0.29, 0.717) is 17.3 Å². The number of nitrogen functional groups attached to an aromatic ring is 1. The van der Waals surface area contributed by atoms with Gasteiger partial charge in [0.25, 0.3) is 0 Å². The van der Waals surface area contributed by atoms with Crippen LogP contribution in [0.2, 0.25) is 0 Å². The lowest BCUT2D eigenvalue weighted by Crippen LogP contribution is -2.10. The molecule has 0 aliphatic carbocycles. The highest BCUT2D eigenvalue weighted by Crippen LogP contribution is 2.37. The minimum absolute atomic E-state index is 0.0645. The summed E-state index contributed by atoms with van der Waals surface area (Å²) in [6.07, 6.45) is 0. The molecule has 0 unspecified atom stereocenters. The molecule has 0 spiro atoms. The standard InChI is InChI=1S/C23H28N4O4S2/c1-7-27-19(13-8-10-14(11-9-13)23(2,3)4)25-26-22(27)32-12-15-16(20(28)30-5)18(24)33-17(15)21(29)31-6/h8-11H,7,12,24H2,1-6H3. The molecule has 0 radical (unpaired) electrons. The number of nitrogens with zero attached hydrogens (tertiary/aromatic N) is 3. The van der Waals surface area contributed by atoms with E-state index in [1.807, 2.05) is 11.5 Å². The van der Waals surface area contributed by atoms with Gasteiger partial charge >= 0.3 is 11.9 Å². The summed E-state index contributed by atoms with van der Waals surface area (Å²) in [6, 6.07) is 8.32. The minimum Gasteiger partial charge on any atom is -0.465 e. The molecule has 0 aliphatic rings. The van der Waals surface area contributed by atoms with Crippen molar-refractivity contribution in [2.75, 3.05) is 20.0 Å². The van der Waals surface area contributed by atoms with Crippen molar-refractivity contribution < 1.29 is 19.1 Å². The Morgan fingerprint density at radius 1 is 1.09 bits per heavy atom. The Morgan fingerprint density at radius 2 is 1.73 bits per heavy atom. The number of benzene rings is 1. The number of hydrogen-bond donors (Lipinski definition) is 1. The van der Waals surface area contributed by atoms with Gasteiger partial charge in [0.1, 0.15) is 9.88 Å². The molecule has 3 rings (SSSR count). The first-order valence-electron chi connectivity index (χ1n) is 10.4. The van der Waals surface area contributed by atoms with Crippen LogP contribution in [0.3, 0.4) is 0 Å². The smallest absolute Gasteiger partial charge is 0.348 e. The van der Waals surface area contributed by atoms with Gasteiger partial charge in [0.2, 0.25) is 0 Å². The quantitative estimate of drug-likeness (QED) is 0.374. The van der Waals surface area contributed by atoms with E-state index in [2.05, 4.69) is 55.2 Å². The largest absolute Gasteiger partial charge is 0.465 e. The number of carbonyl (C=O) groups excluding carboxylic acids is 2. The SMILES string of the molecule is CCn1c(SCc2c(C(=O)OC)sc(N)c2C(=O)OC)nnc1-c1ccc(C(C)(C)C)cc1. The van der Waals surface area contributed by atoms with E-state index >= 15 is 0 Å². The molecular weight excluding hydrogens is 460 g/mol. The maximum Gasteiger partial charge on any atom is 0.348 e. The zero-order valence-corrected chi connectivity index (χ0v) is 21.2. The minimum atomic E-state index is -0.592. The predicted octanol–water partition coefficient (Wildman–Crippen LogP) is 4.77. The van der Waals surface area contributed by atoms with Gasteiger partial charge < -0.3 is 19.8 Å². The molecule has 0 fully saturated rings. The molecule has 2 heterocycles. The van der Waals surface area contributed by atoms with Crippen LogP contribution >= 0.6 is 23.1 Å². The maximum atomic E-state index is 12.3. The number of esters is 2. The summed E-state index contributed by atoms with van der Waals surface area (Å²) in [5.74, 6) is -0.101. The van der Waals surface area contributed by atoms with Crippen molar-refractivity contribution in [3.8, 4) is 11.4 Å². The average Bonchev–Trinajstić information content (AvgIpc) is 3.36. The van der Waals surface area contributed by atoms with Crippen molar-refractivity contribution in [3.63, 3.8) is 0 Å². The molecule has 0 bridgehead atoms. The molecule has 0 saturated carbocycles. The van der Waals surface area contributed by atoms with Crippen LogP contribution in [-0.4, -0.2) is 40.9 Å². The molecule has 8 nitrogen and oxygen atoms in total. The van der Waals surface area contributed by atoms with Crippen LogP contribution in [0.1, 0.15) is 58.9 Å². The maximum absolute atomic E-state index is 12.3. The van der Waals surface area contributed by atoms with E-state index in [9.17, 15) is 9.59 Å². The molecule has 2 aromatic heterocycles. The fraction of sp³-hybridized carbons (Fsp3) is 0.391. The molecule has 0 aliphatic heterocycles. The van der Waals surface area contributed by atoms with Crippen LogP contribution in [0.15, 0.2) is 29.4 Å². The molecular formula is C23H28N4O4S2. The Bertz CT molecular complexity index is 1160. The predicted molar refractivity (Wildman–Crippen MR) is 131 cm³/mol. The highest BCUT2D eigenvalue weighted by Gasteiger charge is 2.28. The summed E-state index contributed by atoms with van der Waals surface area (Å²) in [5.41, 5.74) is 8.96. The second-order valence-electron chi connectivity index (χ2n) is 8.30. The van der Waals surface area contributed by atoms with Gasteiger partial charge in [-0.25, -0.2) is 9.59 Å². The van der Waals surface area contributed by atoms with Gasteiger partial charge in [0.05, 0.1) is 19.8 Å². The Labute approximate surface area is 201 Å².